The minimum atomic E-state index is -0.412. The van der Waals surface area contributed by atoms with Crippen LogP contribution in [0.5, 0.6) is 11.6 Å². The molecule has 0 radical (unpaired) electrons. The minimum Gasteiger partial charge on any atom is -0.437 e. The molecule has 0 aliphatic heterocycles. The van der Waals surface area contributed by atoms with Crippen LogP contribution in [0.2, 0.25) is 0 Å². The third-order valence-electron chi connectivity index (χ3n) is 2.42. The Labute approximate surface area is 102 Å². The molecule has 2 N–H and O–H groups in total. The van der Waals surface area contributed by atoms with Crippen molar-refractivity contribution in [3.63, 3.8) is 0 Å². The Morgan fingerprint density at radius 3 is 3.00 bits per heavy atom. The molecule has 3 aromatic rings. The zero-order valence-corrected chi connectivity index (χ0v) is 9.25. The lowest BCUT2D eigenvalue weighted by Crippen LogP contribution is -1.96. The molecule has 0 saturated heterocycles. The van der Waals surface area contributed by atoms with E-state index < -0.39 is 5.82 Å². The van der Waals surface area contributed by atoms with Gasteiger partial charge >= 0.3 is 0 Å². The van der Waals surface area contributed by atoms with E-state index in [9.17, 15) is 4.39 Å². The molecule has 5 nitrogen and oxygen atoms in total. The SMILES string of the molecule is Nc1ccc(F)cc1Oc1ccn2nccc2n1. The molecule has 3 rings (SSSR count). The van der Waals surface area contributed by atoms with E-state index in [1.54, 1.807) is 29.0 Å². The predicted octanol–water partition coefficient (Wildman–Crippen LogP) is 2.24. The van der Waals surface area contributed by atoms with Crippen molar-refractivity contribution in [2.75, 3.05) is 5.73 Å². The van der Waals surface area contributed by atoms with Crippen molar-refractivity contribution in [1.29, 1.82) is 0 Å². The van der Waals surface area contributed by atoms with Crippen molar-refractivity contribution < 1.29 is 9.13 Å². The van der Waals surface area contributed by atoms with E-state index in [0.717, 1.165) is 0 Å². The number of halogens is 1. The van der Waals surface area contributed by atoms with Crippen LogP contribution in [-0.2, 0) is 0 Å². The highest BCUT2D eigenvalue weighted by Crippen LogP contribution is 2.26. The minimum absolute atomic E-state index is 0.242. The van der Waals surface area contributed by atoms with Crippen LogP contribution in [0.3, 0.4) is 0 Å². The highest BCUT2D eigenvalue weighted by atomic mass is 19.1. The monoisotopic (exact) mass is 244 g/mol. The number of anilines is 1. The number of rotatable bonds is 2. The summed E-state index contributed by atoms with van der Waals surface area (Å²) >= 11 is 0. The average Bonchev–Trinajstić information content (AvgIpc) is 2.81. The lowest BCUT2D eigenvalue weighted by atomic mass is 10.3. The van der Waals surface area contributed by atoms with Gasteiger partial charge in [-0.25, -0.2) is 8.91 Å². The average molecular weight is 244 g/mol. The highest BCUT2D eigenvalue weighted by Gasteiger charge is 2.06. The van der Waals surface area contributed by atoms with E-state index in [1.807, 2.05) is 0 Å². The van der Waals surface area contributed by atoms with Gasteiger partial charge in [-0.15, -0.1) is 0 Å². The molecule has 0 saturated carbocycles. The Hall–Kier alpha value is -2.63. The number of nitrogens with two attached hydrogens (primary N) is 1. The first-order valence-electron chi connectivity index (χ1n) is 5.26. The number of nitrogens with zero attached hydrogens (tertiary/aromatic N) is 3. The van der Waals surface area contributed by atoms with Gasteiger partial charge in [-0.2, -0.15) is 10.1 Å². The Bertz CT molecular complexity index is 710. The van der Waals surface area contributed by atoms with E-state index in [0.29, 0.717) is 17.2 Å². The maximum Gasteiger partial charge on any atom is 0.222 e. The maximum atomic E-state index is 13.1. The third kappa shape index (κ3) is 1.84. The number of nitrogen functional groups attached to an aromatic ring is 1. The molecular formula is C12H9FN4O. The quantitative estimate of drug-likeness (QED) is 0.702. The molecular weight excluding hydrogens is 235 g/mol. The fraction of sp³-hybridized carbons (Fsp3) is 0. The summed E-state index contributed by atoms with van der Waals surface area (Å²) in [7, 11) is 0. The molecule has 90 valence electrons. The van der Waals surface area contributed by atoms with E-state index in [1.165, 1.54) is 18.2 Å². The molecule has 0 fully saturated rings. The lowest BCUT2D eigenvalue weighted by molar-refractivity contribution is 0.460. The molecule has 0 unspecified atom stereocenters. The first-order valence-corrected chi connectivity index (χ1v) is 5.26. The number of hydrogen-bond acceptors (Lipinski definition) is 4. The second kappa shape index (κ2) is 3.99. The van der Waals surface area contributed by atoms with Crippen LogP contribution >= 0.6 is 0 Å². The van der Waals surface area contributed by atoms with E-state index in [-0.39, 0.29) is 5.75 Å². The first kappa shape index (κ1) is 10.5. The first-order chi connectivity index (χ1) is 8.72. The number of aromatic nitrogens is 3. The smallest absolute Gasteiger partial charge is 0.222 e. The van der Waals surface area contributed by atoms with E-state index in [2.05, 4.69) is 10.1 Å². The van der Waals surface area contributed by atoms with Gasteiger partial charge in [0.25, 0.3) is 0 Å². The fourth-order valence-electron chi connectivity index (χ4n) is 1.56. The summed E-state index contributed by atoms with van der Waals surface area (Å²) in [5.41, 5.74) is 6.69. The van der Waals surface area contributed by atoms with Crippen molar-refractivity contribution in [3.8, 4) is 11.6 Å². The molecule has 2 aromatic heterocycles. The predicted molar refractivity (Wildman–Crippen MR) is 63.9 cm³/mol. The largest absolute Gasteiger partial charge is 0.437 e. The summed E-state index contributed by atoms with van der Waals surface area (Å²) < 4.78 is 20.1. The molecule has 18 heavy (non-hydrogen) atoms. The molecule has 0 aliphatic carbocycles. The number of hydrogen-bond donors (Lipinski definition) is 1. The van der Waals surface area contributed by atoms with Gasteiger partial charge in [-0.3, -0.25) is 0 Å². The van der Waals surface area contributed by atoms with E-state index >= 15 is 0 Å². The van der Waals surface area contributed by atoms with Gasteiger partial charge < -0.3 is 10.5 Å². The third-order valence-corrected chi connectivity index (χ3v) is 2.42. The van der Waals surface area contributed by atoms with Crippen molar-refractivity contribution in [2.45, 2.75) is 0 Å². The van der Waals surface area contributed by atoms with Crippen molar-refractivity contribution >= 4 is 11.3 Å². The second-order valence-electron chi connectivity index (χ2n) is 3.68. The number of ether oxygens (including phenoxy) is 1. The van der Waals surface area contributed by atoms with Crippen LogP contribution in [0, 0.1) is 5.82 Å². The zero-order valence-electron chi connectivity index (χ0n) is 9.25. The molecule has 0 bridgehead atoms. The van der Waals surface area contributed by atoms with Gasteiger partial charge in [0.15, 0.2) is 11.4 Å². The van der Waals surface area contributed by atoms with Crippen LogP contribution < -0.4 is 10.5 Å². The summed E-state index contributed by atoms with van der Waals surface area (Å²) in [6.45, 7) is 0. The van der Waals surface area contributed by atoms with Crippen LogP contribution in [0.25, 0.3) is 5.65 Å². The van der Waals surface area contributed by atoms with Gasteiger partial charge in [-0.1, -0.05) is 0 Å². The summed E-state index contributed by atoms with van der Waals surface area (Å²) in [4.78, 5) is 4.20. The van der Waals surface area contributed by atoms with Crippen LogP contribution in [0.4, 0.5) is 10.1 Å². The summed E-state index contributed by atoms with van der Waals surface area (Å²) in [6, 6.07) is 7.31. The summed E-state index contributed by atoms with van der Waals surface area (Å²) in [5.74, 6) is 0.163. The van der Waals surface area contributed by atoms with Crippen molar-refractivity contribution in [1.82, 2.24) is 14.6 Å². The van der Waals surface area contributed by atoms with Gasteiger partial charge in [0, 0.05) is 24.4 Å². The summed E-state index contributed by atoms with van der Waals surface area (Å²) in [6.07, 6.45) is 3.33. The van der Waals surface area contributed by atoms with Crippen molar-refractivity contribution in [2.24, 2.45) is 0 Å². The molecule has 1 aromatic carbocycles. The van der Waals surface area contributed by atoms with Crippen molar-refractivity contribution in [3.05, 3.63) is 48.5 Å². The maximum absolute atomic E-state index is 13.1. The van der Waals surface area contributed by atoms with E-state index in [4.69, 9.17) is 10.5 Å². The molecule has 0 aliphatic rings. The summed E-state index contributed by atoms with van der Waals surface area (Å²) in [5, 5.41) is 4.01. The molecule has 0 atom stereocenters. The molecule has 2 heterocycles. The Morgan fingerprint density at radius 1 is 1.22 bits per heavy atom. The van der Waals surface area contributed by atoms with Crippen LogP contribution in [0.1, 0.15) is 0 Å². The highest BCUT2D eigenvalue weighted by molar-refractivity contribution is 5.53. The van der Waals surface area contributed by atoms with Crippen LogP contribution in [0.15, 0.2) is 42.7 Å². The van der Waals surface area contributed by atoms with Gasteiger partial charge in [0.1, 0.15) is 5.82 Å². The Kier molecular flexibility index (Phi) is 2.33. The fourth-order valence-corrected chi connectivity index (χ4v) is 1.56. The zero-order chi connectivity index (χ0) is 12.5. The van der Waals surface area contributed by atoms with Gasteiger partial charge in [0.2, 0.25) is 5.88 Å². The lowest BCUT2D eigenvalue weighted by Gasteiger charge is -2.07. The van der Waals surface area contributed by atoms with Gasteiger partial charge in [0.05, 0.1) is 11.9 Å². The number of fused-ring (bicyclic) bond motifs is 1. The number of benzene rings is 1. The van der Waals surface area contributed by atoms with Crippen LogP contribution in [-0.4, -0.2) is 14.6 Å². The molecule has 0 amide bonds. The normalized spacial score (nSPS) is 10.7. The Balaban J connectivity index is 1.97. The molecule has 0 spiro atoms. The second-order valence-corrected chi connectivity index (χ2v) is 3.68. The molecule has 6 heteroatoms. The standard InChI is InChI=1S/C12H9FN4O/c13-8-1-2-9(14)10(7-8)18-12-4-6-17-11(16-12)3-5-15-17/h1-7H,14H2. The van der Waals surface area contributed by atoms with Gasteiger partial charge in [-0.05, 0) is 12.1 Å². The Morgan fingerprint density at radius 2 is 2.11 bits per heavy atom. The topological polar surface area (TPSA) is 65.4 Å².